The zero-order valence-corrected chi connectivity index (χ0v) is 13.8. The smallest absolute Gasteiger partial charge is 0.244 e. The summed E-state index contributed by atoms with van der Waals surface area (Å²) in [5.41, 5.74) is 3.14. The third-order valence-electron chi connectivity index (χ3n) is 4.69. The Bertz CT molecular complexity index is 845. The summed E-state index contributed by atoms with van der Waals surface area (Å²) in [4.78, 5) is 31.8. The van der Waals surface area contributed by atoms with Crippen LogP contribution >= 0.6 is 0 Å². The zero-order valence-electron chi connectivity index (χ0n) is 13.8. The molecule has 25 heavy (non-hydrogen) atoms. The van der Waals surface area contributed by atoms with Gasteiger partial charge in [0.05, 0.1) is 17.3 Å². The topological polar surface area (TPSA) is 61.8 Å². The highest BCUT2D eigenvalue weighted by atomic mass is 16.2. The molecule has 0 bridgehead atoms. The van der Waals surface area contributed by atoms with Crippen LogP contribution in [0.15, 0.2) is 59.6 Å². The van der Waals surface area contributed by atoms with Crippen LogP contribution in [0.4, 0.5) is 17.1 Å². The monoisotopic (exact) mass is 333 g/mol. The fraction of sp³-hybridized carbons (Fsp3) is 0.250. The van der Waals surface area contributed by atoms with Crippen molar-refractivity contribution in [2.75, 3.05) is 16.8 Å². The Morgan fingerprint density at radius 1 is 1.12 bits per heavy atom. The molecule has 5 heteroatoms. The van der Waals surface area contributed by atoms with Gasteiger partial charge in [0.1, 0.15) is 6.54 Å². The third-order valence-corrected chi connectivity index (χ3v) is 4.69. The summed E-state index contributed by atoms with van der Waals surface area (Å²) < 4.78 is 0. The Balaban J connectivity index is 1.62. The summed E-state index contributed by atoms with van der Waals surface area (Å²) in [6, 6.07) is 16.8. The van der Waals surface area contributed by atoms with E-state index >= 15 is 0 Å². The molecule has 1 N–H and O–H groups in total. The number of carbonyl (C=O) groups excluding carboxylic acids is 2. The number of rotatable bonds is 3. The van der Waals surface area contributed by atoms with Crippen molar-refractivity contribution in [2.24, 2.45) is 10.9 Å². The van der Waals surface area contributed by atoms with Gasteiger partial charge in [-0.05, 0) is 43.5 Å². The number of nitrogens with zero attached hydrogens (tertiary/aromatic N) is 2. The second-order valence-corrected chi connectivity index (χ2v) is 6.38. The van der Waals surface area contributed by atoms with Crippen LogP contribution in [0.1, 0.15) is 19.3 Å². The summed E-state index contributed by atoms with van der Waals surface area (Å²) in [6.07, 6.45) is 2.64. The number of fused-ring (bicyclic) bond motifs is 2. The van der Waals surface area contributed by atoms with Gasteiger partial charge in [-0.3, -0.25) is 14.6 Å². The van der Waals surface area contributed by atoms with Gasteiger partial charge in [0.25, 0.3) is 0 Å². The van der Waals surface area contributed by atoms with Gasteiger partial charge in [-0.2, -0.15) is 0 Å². The average molecular weight is 333 g/mol. The fourth-order valence-electron chi connectivity index (χ4n) is 3.51. The molecule has 0 spiro atoms. The van der Waals surface area contributed by atoms with Gasteiger partial charge in [-0.1, -0.05) is 30.3 Å². The first kappa shape index (κ1) is 15.6. The SMILES string of the molecule is O=C(CN1C(=O)[C@H]2CCCC2=Nc2ccccc21)Nc1ccccc1. The Hall–Kier alpha value is -2.95. The van der Waals surface area contributed by atoms with Crippen molar-refractivity contribution in [2.45, 2.75) is 19.3 Å². The minimum absolute atomic E-state index is 0.00988. The lowest BCUT2D eigenvalue weighted by Crippen LogP contribution is -2.41. The van der Waals surface area contributed by atoms with Crippen LogP contribution in [0.3, 0.4) is 0 Å². The maximum absolute atomic E-state index is 13.0. The molecular formula is C20H19N3O2. The molecule has 5 nitrogen and oxygen atoms in total. The molecule has 1 atom stereocenters. The Morgan fingerprint density at radius 2 is 1.88 bits per heavy atom. The quantitative estimate of drug-likeness (QED) is 0.934. The normalized spacial score (nSPS) is 18.9. The van der Waals surface area contributed by atoms with E-state index in [2.05, 4.69) is 5.32 Å². The number of amides is 2. The van der Waals surface area contributed by atoms with Gasteiger partial charge in [0, 0.05) is 11.4 Å². The van der Waals surface area contributed by atoms with Crippen LogP contribution in [0, 0.1) is 5.92 Å². The number of aliphatic imine (C=N–C) groups is 1. The minimum Gasteiger partial charge on any atom is -0.325 e. The van der Waals surface area contributed by atoms with Crippen LogP contribution in [0.5, 0.6) is 0 Å². The van der Waals surface area contributed by atoms with Crippen molar-refractivity contribution in [1.29, 1.82) is 0 Å². The Labute approximate surface area is 146 Å². The molecule has 1 aliphatic heterocycles. The molecule has 0 aromatic heterocycles. The van der Waals surface area contributed by atoms with Crippen LogP contribution < -0.4 is 10.2 Å². The van der Waals surface area contributed by atoms with Gasteiger partial charge in [-0.25, -0.2) is 0 Å². The van der Waals surface area contributed by atoms with Crippen LogP contribution in [0.25, 0.3) is 0 Å². The van der Waals surface area contributed by atoms with E-state index in [0.29, 0.717) is 5.69 Å². The molecule has 2 amide bonds. The summed E-state index contributed by atoms with van der Waals surface area (Å²) >= 11 is 0. The lowest BCUT2D eigenvalue weighted by molar-refractivity contribution is -0.122. The van der Waals surface area contributed by atoms with Crippen molar-refractivity contribution in [1.82, 2.24) is 0 Å². The fourth-order valence-corrected chi connectivity index (χ4v) is 3.51. The molecule has 2 aliphatic rings. The first-order valence-corrected chi connectivity index (χ1v) is 8.55. The lowest BCUT2D eigenvalue weighted by Gasteiger charge is -2.24. The molecule has 0 unspecified atom stereocenters. The minimum atomic E-state index is -0.212. The van der Waals surface area contributed by atoms with Crippen LogP contribution in [0.2, 0.25) is 0 Å². The molecule has 1 saturated carbocycles. The second kappa shape index (κ2) is 6.51. The highest BCUT2D eigenvalue weighted by Crippen LogP contribution is 2.37. The number of anilines is 2. The number of para-hydroxylation sites is 3. The number of benzene rings is 2. The second-order valence-electron chi connectivity index (χ2n) is 6.38. The third kappa shape index (κ3) is 3.05. The Morgan fingerprint density at radius 3 is 2.72 bits per heavy atom. The molecule has 4 rings (SSSR count). The van der Waals surface area contributed by atoms with Crippen molar-refractivity contribution in [3.8, 4) is 0 Å². The van der Waals surface area contributed by atoms with Crippen molar-refractivity contribution in [3.05, 3.63) is 54.6 Å². The van der Waals surface area contributed by atoms with E-state index < -0.39 is 0 Å². The van der Waals surface area contributed by atoms with Gasteiger partial charge in [0.15, 0.2) is 0 Å². The predicted molar refractivity (Wildman–Crippen MR) is 98.3 cm³/mol. The van der Waals surface area contributed by atoms with Gasteiger partial charge in [0.2, 0.25) is 11.8 Å². The maximum atomic E-state index is 13.0. The lowest BCUT2D eigenvalue weighted by atomic mass is 10.1. The number of hydrogen-bond acceptors (Lipinski definition) is 3. The van der Waals surface area contributed by atoms with Gasteiger partial charge >= 0.3 is 0 Å². The van der Waals surface area contributed by atoms with Gasteiger partial charge in [-0.15, -0.1) is 0 Å². The van der Waals surface area contributed by atoms with E-state index in [1.54, 1.807) is 4.90 Å². The summed E-state index contributed by atoms with van der Waals surface area (Å²) in [5, 5.41) is 2.85. The van der Waals surface area contributed by atoms with Crippen LogP contribution in [-0.2, 0) is 9.59 Å². The molecular weight excluding hydrogens is 314 g/mol. The van der Waals surface area contributed by atoms with E-state index in [9.17, 15) is 9.59 Å². The highest BCUT2D eigenvalue weighted by molar-refractivity contribution is 6.16. The van der Waals surface area contributed by atoms with E-state index in [4.69, 9.17) is 4.99 Å². The standard InChI is InChI=1S/C20H19N3O2/c24-19(21-14-7-2-1-3-8-14)13-23-18-12-5-4-10-17(18)22-16-11-6-9-15(16)20(23)25/h1-5,7-8,10,12,15H,6,9,11,13H2,(H,21,24)/t15-/m0/s1. The first-order valence-electron chi connectivity index (χ1n) is 8.55. The van der Waals surface area contributed by atoms with E-state index in [1.807, 2.05) is 54.6 Å². The number of nitrogens with one attached hydrogen (secondary N) is 1. The van der Waals surface area contributed by atoms with Crippen molar-refractivity contribution in [3.63, 3.8) is 0 Å². The molecule has 2 aromatic carbocycles. The maximum Gasteiger partial charge on any atom is 0.244 e. The molecule has 1 fully saturated rings. The molecule has 1 aliphatic carbocycles. The molecule has 2 aromatic rings. The molecule has 0 radical (unpaired) electrons. The van der Waals surface area contributed by atoms with Crippen LogP contribution in [-0.4, -0.2) is 24.1 Å². The number of carbonyl (C=O) groups is 2. The van der Waals surface area contributed by atoms with Crippen molar-refractivity contribution < 1.29 is 9.59 Å². The summed E-state index contributed by atoms with van der Waals surface area (Å²) in [7, 11) is 0. The zero-order chi connectivity index (χ0) is 17.2. The van der Waals surface area contributed by atoms with E-state index in [1.165, 1.54) is 0 Å². The molecule has 1 heterocycles. The summed E-state index contributed by atoms with van der Waals surface area (Å²) in [5.74, 6) is -0.433. The Kier molecular flexibility index (Phi) is 4.06. The van der Waals surface area contributed by atoms with E-state index in [0.717, 1.165) is 36.3 Å². The number of hydrogen-bond donors (Lipinski definition) is 1. The summed E-state index contributed by atoms with van der Waals surface area (Å²) in [6.45, 7) is -0.00988. The van der Waals surface area contributed by atoms with Crippen molar-refractivity contribution >= 4 is 34.6 Å². The van der Waals surface area contributed by atoms with Gasteiger partial charge < -0.3 is 10.2 Å². The largest absolute Gasteiger partial charge is 0.325 e. The predicted octanol–water partition coefficient (Wildman–Crippen LogP) is 3.54. The molecule has 126 valence electrons. The molecule has 0 saturated heterocycles. The first-order chi connectivity index (χ1) is 12.2. The highest BCUT2D eigenvalue weighted by Gasteiger charge is 2.36. The average Bonchev–Trinajstić information content (AvgIpc) is 3.05. The van der Waals surface area contributed by atoms with E-state index in [-0.39, 0.29) is 24.3 Å².